The van der Waals surface area contributed by atoms with E-state index in [1.165, 1.54) is 5.56 Å². The molecule has 8 heteroatoms. The Hall–Kier alpha value is -3.75. The quantitative estimate of drug-likeness (QED) is 0.337. The van der Waals surface area contributed by atoms with Crippen molar-refractivity contribution in [1.82, 2.24) is 14.3 Å². The van der Waals surface area contributed by atoms with Crippen LogP contribution >= 0.6 is 0 Å². The summed E-state index contributed by atoms with van der Waals surface area (Å²) in [4.78, 5) is 20.5. The standard InChI is InChI=1S/C31H32N4O3S/c1-34-18-17-32-30(34)21-35(31(36)28-20-26(28)22-9-4-2-5-10-22)24-16-15-23-11-8-14-29(27(23)19-24)33-39(37,38)25-12-6-3-7-13-25/h2-7,9-10,12-13,15-19,26,28-29,33H,8,11,14,20-21H2,1H3/t26-,28+,29-/m0/s1. The van der Waals surface area contributed by atoms with Crippen molar-refractivity contribution in [3.8, 4) is 0 Å². The normalized spacial score (nSPS) is 20.3. The monoisotopic (exact) mass is 540 g/mol. The molecule has 0 bridgehead atoms. The van der Waals surface area contributed by atoms with Gasteiger partial charge in [0.1, 0.15) is 5.82 Å². The number of amides is 1. The third-order valence-electron chi connectivity index (χ3n) is 7.93. The lowest BCUT2D eigenvalue weighted by atomic mass is 9.87. The summed E-state index contributed by atoms with van der Waals surface area (Å²) in [6.45, 7) is 0.347. The first-order valence-electron chi connectivity index (χ1n) is 13.4. The Bertz CT molecular complexity index is 1580. The van der Waals surface area contributed by atoms with Crippen LogP contribution in [0.15, 0.2) is 96.2 Å². The molecule has 39 heavy (non-hydrogen) atoms. The first kappa shape index (κ1) is 25.5. The van der Waals surface area contributed by atoms with Gasteiger partial charge in [-0.05, 0) is 72.6 Å². The van der Waals surface area contributed by atoms with Crippen LogP contribution in [0.4, 0.5) is 5.69 Å². The van der Waals surface area contributed by atoms with Gasteiger partial charge in [0.05, 0.1) is 11.4 Å². The number of rotatable bonds is 8. The summed E-state index contributed by atoms with van der Waals surface area (Å²) in [6.07, 6.45) is 6.92. The Morgan fingerprint density at radius 3 is 2.51 bits per heavy atom. The molecule has 4 aromatic rings. The summed E-state index contributed by atoms with van der Waals surface area (Å²) in [7, 11) is -1.76. The zero-order chi connectivity index (χ0) is 27.0. The van der Waals surface area contributed by atoms with Crippen LogP contribution in [0.25, 0.3) is 0 Å². The van der Waals surface area contributed by atoms with E-state index in [0.717, 1.165) is 41.9 Å². The molecule has 6 rings (SSSR count). The first-order chi connectivity index (χ1) is 18.9. The average molecular weight is 541 g/mol. The van der Waals surface area contributed by atoms with Crippen molar-refractivity contribution >= 4 is 21.6 Å². The number of aromatic nitrogens is 2. The van der Waals surface area contributed by atoms with Gasteiger partial charge in [0.15, 0.2) is 0 Å². The molecule has 3 aromatic carbocycles. The number of benzene rings is 3. The summed E-state index contributed by atoms with van der Waals surface area (Å²) in [5, 5.41) is 0. The minimum Gasteiger partial charge on any atom is -0.337 e. The molecule has 2 aliphatic rings. The van der Waals surface area contributed by atoms with Crippen LogP contribution in [0, 0.1) is 5.92 Å². The molecule has 0 spiro atoms. The third-order valence-corrected chi connectivity index (χ3v) is 9.42. The minimum atomic E-state index is -3.68. The van der Waals surface area contributed by atoms with E-state index in [1.54, 1.807) is 36.5 Å². The van der Waals surface area contributed by atoms with E-state index >= 15 is 0 Å². The van der Waals surface area contributed by atoms with Crippen molar-refractivity contribution in [3.05, 3.63) is 114 Å². The van der Waals surface area contributed by atoms with E-state index in [4.69, 9.17) is 0 Å². The molecule has 1 N–H and O–H groups in total. The van der Waals surface area contributed by atoms with Crippen LogP contribution in [0.2, 0.25) is 0 Å². The molecule has 0 aliphatic heterocycles. The van der Waals surface area contributed by atoms with Crippen molar-refractivity contribution in [2.24, 2.45) is 13.0 Å². The fourth-order valence-electron chi connectivity index (χ4n) is 5.66. The molecule has 7 nitrogen and oxygen atoms in total. The Morgan fingerprint density at radius 2 is 1.79 bits per heavy atom. The van der Waals surface area contributed by atoms with Crippen molar-refractivity contribution < 1.29 is 13.2 Å². The largest absolute Gasteiger partial charge is 0.337 e. The molecule has 0 radical (unpaired) electrons. The van der Waals surface area contributed by atoms with Crippen LogP contribution in [0.3, 0.4) is 0 Å². The van der Waals surface area contributed by atoms with Gasteiger partial charge in [-0.3, -0.25) is 4.79 Å². The summed E-state index contributed by atoms with van der Waals surface area (Å²) in [5.41, 5.74) is 4.01. The Morgan fingerprint density at radius 1 is 1.05 bits per heavy atom. The predicted molar refractivity (Wildman–Crippen MR) is 151 cm³/mol. The summed E-state index contributed by atoms with van der Waals surface area (Å²) in [6, 6.07) is 24.4. The van der Waals surface area contributed by atoms with Crippen LogP contribution in [-0.2, 0) is 34.8 Å². The van der Waals surface area contributed by atoms with Crippen LogP contribution in [0.5, 0.6) is 0 Å². The van der Waals surface area contributed by atoms with Gasteiger partial charge in [0.25, 0.3) is 0 Å². The molecule has 1 amide bonds. The highest BCUT2D eigenvalue weighted by molar-refractivity contribution is 7.89. The van der Waals surface area contributed by atoms with Crippen LogP contribution < -0.4 is 9.62 Å². The van der Waals surface area contributed by atoms with Crippen molar-refractivity contribution in [2.45, 2.75) is 49.1 Å². The molecule has 0 saturated heterocycles. The maximum absolute atomic E-state index is 14.0. The van der Waals surface area contributed by atoms with Gasteiger partial charge in [-0.25, -0.2) is 18.1 Å². The Balaban J connectivity index is 1.32. The van der Waals surface area contributed by atoms with E-state index in [9.17, 15) is 13.2 Å². The lowest BCUT2D eigenvalue weighted by Crippen LogP contribution is -2.34. The van der Waals surface area contributed by atoms with E-state index in [-0.39, 0.29) is 28.7 Å². The third kappa shape index (κ3) is 5.27. The number of hydrogen-bond acceptors (Lipinski definition) is 4. The highest BCUT2D eigenvalue weighted by atomic mass is 32.2. The zero-order valence-electron chi connectivity index (χ0n) is 21.9. The Labute approximate surface area is 229 Å². The summed E-state index contributed by atoms with van der Waals surface area (Å²) in [5.74, 6) is 0.991. The van der Waals surface area contributed by atoms with E-state index in [0.29, 0.717) is 13.0 Å². The van der Waals surface area contributed by atoms with Gasteiger partial charge in [-0.15, -0.1) is 0 Å². The number of sulfonamides is 1. The fourth-order valence-corrected chi connectivity index (χ4v) is 6.93. The van der Waals surface area contributed by atoms with Gasteiger partial charge < -0.3 is 9.47 Å². The Kier molecular flexibility index (Phi) is 6.83. The number of carbonyl (C=O) groups excluding carboxylic acids is 1. The molecular formula is C31H32N4O3S. The molecule has 1 saturated carbocycles. The number of carbonyl (C=O) groups is 1. The minimum absolute atomic E-state index is 0.0732. The van der Waals surface area contributed by atoms with E-state index in [1.807, 2.05) is 59.1 Å². The van der Waals surface area contributed by atoms with Gasteiger partial charge in [0, 0.05) is 37.1 Å². The fraction of sp³-hybridized carbons (Fsp3) is 0.290. The summed E-state index contributed by atoms with van der Waals surface area (Å²) < 4.78 is 31.2. The van der Waals surface area contributed by atoms with Gasteiger partial charge in [0.2, 0.25) is 15.9 Å². The second kappa shape index (κ2) is 10.4. The molecule has 200 valence electrons. The number of hydrogen-bond donors (Lipinski definition) is 1. The van der Waals surface area contributed by atoms with Crippen molar-refractivity contribution in [1.29, 1.82) is 0 Å². The van der Waals surface area contributed by atoms with E-state index in [2.05, 4.69) is 21.8 Å². The van der Waals surface area contributed by atoms with Gasteiger partial charge in [-0.1, -0.05) is 54.6 Å². The number of imidazole rings is 1. The molecule has 3 atom stereocenters. The molecular weight excluding hydrogens is 508 g/mol. The molecule has 1 heterocycles. The van der Waals surface area contributed by atoms with Crippen molar-refractivity contribution in [3.63, 3.8) is 0 Å². The zero-order valence-corrected chi connectivity index (χ0v) is 22.7. The SMILES string of the molecule is Cn1ccnc1CN(C(=O)[C@@H]1C[C@H]1c1ccccc1)c1ccc2c(c1)[C@@H](NS(=O)(=O)c1ccccc1)CCC2. The molecule has 0 unspecified atom stereocenters. The highest BCUT2D eigenvalue weighted by Crippen LogP contribution is 2.49. The molecule has 2 aliphatic carbocycles. The number of fused-ring (bicyclic) bond motifs is 1. The summed E-state index contributed by atoms with van der Waals surface area (Å²) >= 11 is 0. The predicted octanol–water partition coefficient (Wildman–Crippen LogP) is 5.11. The smallest absolute Gasteiger partial charge is 0.241 e. The highest BCUT2D eigenvalue weighted by Gasteiger charge is 2.46. The second-order valence-corrected chi connectivity index (χ2v) is 12.2. The number of nitrogens with one attached hydrogen (secondary N) is 1. The van der Waals surface area contributed by atoms with Crippen molar-refractivity contribution in [2.75, 3.05) is 4.90 Å². The van der Waals surface area contributed by atoms with Crippen LogP contribution in [-0.4, -0.2) is 23.9 Å². The number of nitrogens with zero attached hydrogens (tertiary/aromatic N) is 3. The van der Waals surface area contributed by atoms with Gasteiger partial charge in [-0.2, -0.15) is 0 Å². The maximum Gasteiger partial charge on any atom is 0.241 e. The van der Waals surface area contributed by atoms with E-state index < -0.39 is 10.0 Å². The van der Waals surface area contributed by atoms with Gasteiger partial charge >= 0.3 is 0 Å². The second-order valence-electron chi connectivity index (χ2n) is 10.5. The first-order valence-corrected chi connectivity index (χ1v) is 14.9. The lowest BCUT2D eigenvalue weighted by Gasteiger charge is -2.29. The number of aryl methyl sites for hydroxylation is 2. The topological polar surface area (TPSA) is 84.3 Å². The molecule has 1 aromatic heterocycles. The lowest BCUT2D eigenvalue weighted by molar-refractivity contribution is -0.120. The maximum atomic E-state index is 14.0. The molecule has 1 fully saturated rings. The number of anilines is 1. The average Bonchev–Trinajstić information content (AvgIpc) is 3.67. The van der Waals surface area contributed by atoms with Crippen LogP contribution in [0.1, 0.15) is 53.7 Å².